The van der Waals surface area contributed by atoms with Gasteiger partial charge in [0.25, 0.3) is 0 Å². The molecule has 112 valence electrons. The predicted molar refractivity (Wildman–Crippen MR) is 79.1 cm³/mol. The fourth-order valence-electron chi connectivity index (χ4n) is 2.91. The number of benzene rings is 2. The van der Waals surface area contributed by atoms with E-state index in [9.17, 15) is 9.90 Å². The SMILES string of the molecule is COc1c(O)cc(C)c2c1oc(=O)c1c3c(ccc12)OCO3. The molecule has 1 N–H and O–H groups in total. The van der Waals surface area contributed by atoms with E-state index < -0.39 is 5.63 Å². The lowest BCUT2D eigenvalue weighted by Crippen LogP contribution is -2.03. The van der Waals surface area contributed by atoms with E-state index in [1.54, 1.807) is 18.2 Å². The summed E-state index contributed by atoms with van der Waals surface area (Å²) < 4.78 is 21.3. The third-order valence-corrected chi connectivity index (χ3v) is 3.83. The quantitative estimate of drug-likeness (QED) is 0.550. The summed E-state index contributed by atoms with van der Waals surface area (Å²) in [7, 11) is 1.41. The summed E-state index contributed by atoms with van der Waals surface area (Å²) in [6.07, 6.45) is 0. The van der Waals surface area contributed by atoms with E-state index in [4.69, 9.17) is 18.6 Å². The minimum absolute atomic E-state index is 0.0732. The number of phenolic OH excluding ortho intramolecular Hbond substituents is 1. The monoisotopic (exact) mass is 300 g/mol. The number of ether oxygens (including phenoxy) is 3. The highest BCUT2D eigenvalue weighted by Gasteiger charge is 2.24. The number of hydrogen-bond donors (Lipinski definition) is 1. The summed E-state index contributed by atoms with van der Waals surface area (Å²) in [5, 5.41) is 11.7. The van der Waals surface area contributed by atoms with Crippen LogP contribution < -0.4 is 19.8 Å². The zero-order valence-electron chi connectivity index (χ0n) is 11.9. The second kappa shape index (κ2) is 4.30. The van der Waals surface area contributed by atoms with Gasteiger partial charge in [-0.2, -0.15) is 0 Å². The van der Waals surface area contributed by atoms with Crippen LogP contribution in [0.3, 0.4) is 0 Å². The Hall–Kier alpha value is -2.89. The first-order chi connectivity index (χ1) is 10.6. The van der Waals surface area contributed by atoms with Crippen molar-refractivity contribution in [1.29, 1.82) is 0 Å². The van der Waals surface area contributed by atoms with Crippen molar-refractivity contribution in [2.45, 2.75) is 6.92 Å². The Labute approximate surface area is 124 Å². The van der Waals surface area contributed by atoms with E-state index in [0.29, 0.717) is 27.7 Å². The zero-order valence-corrected chi connectivity index (χ0v) is 11.9. The van der Waals surface area contributed by atoms with Crippen LogP contribution in [0.2, 0.25) is 0 Å². The third kappa shape index (κ3) is 1.52. The molecule has 0 bridgehead atoms. The van der Waals surface area contributed by atoms with E-state index in [0.717, 1.165) is 5.56 Å². The van der Waals surface area contributed by atoms with Crippen molar-refractivity contribution in [1.82, 2.24) is 0 Å². The van der Waals surface area contributed by atoms with Gasteiger partial charge in [0.1, 0.15) is 5.39 Å². The highest BCUT2D eigenvalue weighted by Crippen LogP contribution is 2.43. The number of hydrogen-bond acceptors (Lipinski definition) is 6. The summed E-state index contributed by atoms with van der Waals surface area (Å²) in [6.45, 7) is 1.90. The van der Waals surface area contributed by atoms with Crippen molar-refractivity contribution >= 4 is 21.7 Å². The van der Waals surface area contributed by atoms with Crippen LogP contribution in [0.25, 0.3) is 21.7 Å². The molecular weight excluding hydrogens is 288 g/mol. The zero-order chi connectivity index (χ0) is 15.4. The molecule has 6 heteroatoms. The van der Waals surface area contributed by atoms with E-state index in [1.165, 1.54) is 7.11 Å². The van der Waals surface area contributed by atoms with Gasteiger partial charge in [0.2, 0.25) is 12.5 Å². The van der Waals surface area contributed by atoms with E-state index in [-0.39, 0.29) is 23.9 Å². The molecule has 6 nitrogen and oxygen atoms in total. The normalized spacial score (nSPS) is 13.0. The average Bonchev–Trinajstić information content (AvgIpc) is 2.95. The fraction of sp³-hybridized carbons (Fsp3) is 0.188. The Bertz CT molecular complexity index is 986. The van der Waals surface area contributed by atoms with E-state index in [1.807, 2.05) is 6.92 Å². The Morgan fingerprint density at radius 3 is 2.82 bits per heavy atom. The number of methoxy groups -OCH3 is 1. The lowest BCUT2D eigenvalue weighted by Gasteiger charge is -2.11. The summed E-state index contributed by atoms with van der Waals surface area (Å²) in [4.78, 5) is 12.4. The Morgan fingerprint density at radius 2 is 2.05 bits per heavy atom. The first kappa shape index (κ1) is 12.8. The molecule has 1 aromatic heterocycles. The van der Waals surface area contributed by atoms with Crippen LogP contribution in [0.15, 0.2) is 27.4 Å². The van der Waals surface area contributed by atoms with Crippen LogP contribution in [0.4, 0.5) is 0 Å². The van der Waals surface area contributed by atoms with Crippen molar-refractivity contribution in [3.63, 3.8) is 0 Å². The van der Waals surface area contributed by atoms with E-state index in [2.05, 4.69) is 0 Å². The summed E-state index contributed by atoms with van der Waals surface area (Å²) in [5.74, 6) is 0.968. The summed E-state index contributed by atoms with van der Waals surface area (Å²) in [6, 6.07) is 5.11. The molecule has 4 rings (SSSR count). The first-order valence-electron chi connectivity index (χ1n) is 6.67. The van der Waals surface area contributed by atoms with Crippen molar-refractivity contribution in [3.8, 4) is 23.0 Å². The molecule has 0 unspecified atom stereocenters. The predicted octanol–water partition coefficient (Wildman–Crippen LogP) is 2.70. The third-order valence-electron chi connectivity index (χ3n) is 3.83. The highest BCUT2D eigenvalue weighted by atomic mass is 16.7. The summed E-state index contributed by atoms with van der Waals surface area (Å²) >= 11 is 0. The Balaban J connectivity index is 2.29. The molecule has 0 fully saturated rings. The van der Waals surface area contributed by atoms with Crippen molar-refractivity contribution in [2.24, 2.45) is 0 Å². The topological polar surface area (TPSA) is 78.1 Å². The maximum absolute atomic E-state index is 12.4. The molecule has 2 aromatic carbocycles. The Morgan fingerprint density at radius 1 is 1.23 bits per heavy atom. The minimum atomic E-state index is -0.562. The second-order valence-electron chi connectivity index (χ2n) is 5.06. The molecule has 0 saturated carbocycles. The molecule has 2 heterocycles. The summed E-state index contributed by atoms with van der Waals surface area (Å²) in [5.41, 5.74) is 0.422. The second-order valence-corrected chi connectivity index (χ2v) is 5.06. The number of rotatable bonds is 1. The van der Waals surface area contributed by atoms with Gasteiger partial charge < -0.3 is 23.7 Å². The van der Waals surface area contributed by atoms with Crippen LogP contribution >= 0.6 is 0 Å². The molecule has 0 aliphatic carbocycles. The maximum atomic E-state index is 12.4. The van der Waals surface area contributed by atoms with Crippen molar-refractivity contribution in [2.75, 3.05) is 13.9 Å². The number of aryl methyl sites for hydroxylation is 1. The molecule has 3 aromatic rings. The standard InChI is InChI=1S/C16H12O6/c1-7-5-9(17)13(19-2)15-11(7)8-3-4-10-14(21-6-20-10)12(8)16(18)22-15/h3-5,17H,6H2,1-2H3. The van der Waals surface area contributed by atoms with Gasteiger partial charge in [-0.05, 0) is 30.7 Å². The number of phenols is 1. The van der Waals surface area contributed by atoms with Crippen LogP contribution in [-0.2, 0) is 0 Å². The lowest BCUT2D eigenvalue weighted by atomic mass is 10.0. The molecule has 1 aliphatic heterocycles. The molecular formula is C16H12O6. The van der Waals surface area contributed by atoms with Crippen LogP contribution in [-0.4, -0.2) is 19.0 Å². The van der Waals surface area contributed by atoms with Crippen LogP contribution in [0, 0.1) is 6.92 Å². The lowest BCUT2D eigenvalue weighted by molar-refractivity contribution is 0.174. The molecule has 22 heavy (non-hydrogen) atoms. The average molecular weight is 300 g/mol. The fourth-order valence-corrected chi connectivity index (χ4v) is 2.91. The first-order valence-corrected chi connectivity index (χ1v) is 6.67. The molecule has 1 aliphatic rings. The molecule has 0 radical (unpaired) electrons. The highest BCUT2D eigenvalue weighted by molar-refractivity contribution is 6.10. The minimum Gasteiger partial charge on any atom is -0.504 e. The number of aromatic hydroxyl groups is 1. The molecule has 0 saturated heterocycles. The van der Waals surface area contributed by atoms with Gasteiger partial charge in [-0.15, -0.1) is 0 Å². The van der Waals surface area contributed by atoms with E-state index >= 15 is 0 Å². The smallest absolute Gasteiger partial charge is 0.348 e. The maximum Gasteiger partial charge on any atom is 0.348 e. The van der Waals surface area contributed by atoms with Gasteiger partial charge in [-0.3, -0.25) is 0 Å². The van der Waals surface area contributed by atoms with Gasteiger partial charge >= 0.3 is 5.63 Å². The van der Waals surface area contributed by atoms with Gasteiger partial charge in [0, 0.05) is 10.8 Å². The Kier molecular flexibility index (Phi) is 2.51. The van der Waals surface area contributed by atoms with Crippen molar-refractivity contribution < 1.29 is 23.7 Å². The van der Waals surface area contributed by atoms with Gasteiger partial charge in [-0.25, -0.2) is 4.79 Å². The van der Waals surface area contributed by atoms with Crippen LogP contribution in [0.5, 0.6) is 23.0 Å². The molecule has 0 amide bonds. The largest absolute Gasteiger partial charge is 0.504 e. The van der Waals surface area contributed by atoms with Gasteiger partial charge in [0.15, 0.2) is 22.8 Å². The van der Waals surface area contributed by atoms with Crippen LogP contribution in [0.1, 0.15) is 5.56 Å². The van der Waals surface area contributed by atoms with Crippen molar-refractivity contribution in [3.05, 3.63) is 34.2 Å². The molecule has 0 spiro atoms. The number of fused-ring (bicyclic) bond motifs is 5. The van der Waals surface area contributed by atoms with Gasteiger partial charge in [-0.1, -0.05) is 0 Å². The molecule has 0 atom stereocenters. The van der Waals surface area contributed by atoms with Gasteiger partial charge in [0.05, 0.1) is 7.11 Å².